The molecule has 0 fully saturated rings. The fourth-order valence-corrected chi connectivity index (χ4v) is 6.21. The zero-order chi connectivity index (χ0) is 30.0. The number of benzene rings is 7. The van der Waals surface area contributed by atoms with E-state index < -0.39 is 0 Å². The van der Waals surface area contributed by atoms with E-state index in [-0.39, 0.29) is 0 Å². The minimum absolute atomic E-state index is 1.05. The van der Waals surface area contributed by atoms with Gasteiger partial charge in [0.1, 0.15) is 0 Å². The van der Waals surface area contributed by atoms with Gasteiger partial charge in [0, 0.05) is 39.2 Å². The number of hydrogen-bond acceptors (Lipinski definition) is 2. The average Bonchev–Trinajstić information content (AvgIpc) is 3.44. The van der Waals surface area contributed by atoms with Crippen molar-refractivity contribution in [1.82, 2.24) is 4.57 Å². The lowest BCUT2D eigenvalue weighted by atomic mass is 9.93. The molecule has 8 aromatic rings. The van der Waals surface area contributed by atoms with Gasteiger partial charge in [-0.2, -0.15) is 0 Å². The van der Waals surface area contributed by atoms with E-state index in [1.54, 1.807) is 0 Å². The molecule has 1 heterocycles. The highest BCUT2D eigenvalue weighted by Crippen LogP contribution is 2.37. The number of para-hydroxylation sites is 4. The van der Waals surface area contributed by atoms with E-state index in [1.807, 2.05) is 24.3 Å². The largest absolute Gasteiger partial charge is 0.356 e. The molecule has 0 spiro atoms. The van der Waals surface area contributed by atoms with E-state index in [9.17, 15) is 0 Å². The third kappa shape index (κ3) is 5.21. The highest BCUT2D eigenvalue weighted by Gasteiger charge is 2.13. The van der Waals surface area contributed by atoms with Crippen molar-refractivity contribution >= 4 is 44.6 Å². The summed E-state index contributed by atoms with van der Waals surface area (Å²) in [5, 5.41) is 9.62. The Morgan fingerprint density at radius 3 is 1.38 bits per heavy atom. The van der Waals surface area contributed by atoms with Crippen molar-refractivity contribution < 1.29 is 0 Å². The molecule has 0 aliphatic heterocycles. The van der Waals surface area contributed by atoms with Gasteiger partial charge in [0.05, 0.1) is 11.0 Å². The van der Waals surface area contributed by atoms with E-state index in [0.29, 0.717) is 0 Å². The average molecular weight is 578 g/mol. The Kier molecular flexibility index (Phi) is 6.82. The molecule has 3 heteroatoms. The quantitative estimate of drug-likeness (QED) is 0.197. The van der Waals surface area contributed by atoms with Gasteiger partial charge >= 0.3 is 0 Å². The molecule has 7 aromatic carbocycles. The van der Waals surface area contributed by atoms with Crippen LogP contribution in [0.15, 0.2) is 176 Å². The molecule has 0 saturated carbocycles. The summed E-state index contributed by atoms with van der Waals surface area (Å²) in [4.78, 5) is 0. The number of aromatic nitrogens is 1. The van der Waals surface area contributed by atoms with Crippen LogP contribution in [0.3, 0.4) is 0 Å². The normalized spacial score (nSPS) is 11.1. The fourth-order valence-electron chi connectivity index (χ4n) is 6.21. The highest BCUT2D eigenvalue weighted by molar-refractivity contribution is 6.09. The molecule has 0 unspecified atom stereocenters. The molecule has 0 aliphatic carbocycles. The van der Waals surface area contributed by atoms with Gasteiger partial charge in [0.2, 0.25) is 0 Å². The maximum Gasteiger partial charge on any atom is 0.0541 e. The third-order valence-corrected chi connectivity index (χ3v) is 8.36. The van der Waals surface area contributed by atoms with Gasteiger partial charge in [-0.3, -0.25) is 0 Å². The number of anilines is 4. The zero-order valence-electron chi connectivity index (χ0n) is 24.7. The molecule has 0 atom stereocenters. The lowest BCUT2D eigenvalue weighted by molar-refractivity contribution is 1.18. The Balaban J connectivity index is 1.19. The van der Waals surface area contributed by atoms with Crippen LogP contribution in [-0.4, -0.2) is 4.57 Å². The first-order valence-corrected chi connectivity index (χ1v) is 15.3. The van der Waals surface area contributed by atoms with Crippen molar-refractivity contribution in [3.05, 3.63) is 176 Å². The summed E-state index contributed by atoms with van der Waals surface area (Å²) >= 11 is 0. The molecule has 2 N–H and O–H groups in total. The van der Waals surface area contributed by atoms with Gasteiger partial charge < -0.3 is 15.2 Å². The van der Waals surface area contributed by atoms with E-state index in [2.05, 4.69) is 167 Å². The van der Waals surface area contributed by atoms with Crippen molar-refractivity contribution in [2.75, 3.05) is 10.6 Å². The minimum Gasteiger partial charge on any atom is -0.356 e. The topological polar surface area (TPSA) is 29.0 Å². The Morgan fingerprint density at radius 1 is 0.333 bits per heavy atom. The second kappa shape index (κ2) is 11.6. The first-order valence-electron chi connectivity index (χ1n) is 15.3. The zero-order valence-corrected chi connectivity index (χ0v) is 24.7. The van der Waals surface area contributed by atoms with Crippen molar-refractivity contribution in [3.63, 3.8) is 0 Å². The molecule has 0 bridgehead atoms. The monoisotopic (exact) mass is 577 g/mol. The summed E-state index contributed by atoms with van der Waals surface area (Å²) in [7, 11) is 0. The smallest absolute Gasteiger partial charge is 0.0541 e. The van der Waals surface area contributed by atoms with Crippen LogP contribution in [-0.2, 0) is 0 Å². The molecule has 0 amide bonds. The minimum atomic E-state index is 1.05. The van der Waals surface area contributed by atoms with E-state index in [0.717, 1.165) is 34.0 Å². The Bertz CT molecular complexity index is 2180. The first kappa shape index (κ1) is 26.6. The molecule has 8 rings (SSSR count). The SMILES string of the molecule is c1ccc(Nc2ccc(-c3ccc(Nc4ccccc4)cc3-c3ccc(-n4c5ccccc5c5ccccc54)cc3)cc2)cc1. The molecule has 45 heavy (non-hydrogen) atoms. The van der Waals surface area contributed by atoms with Gasteiger partial charge in [-0.15, -0.1) is 0 Å². The summed E-state index contributed by atoms with van der Waals surface area (Å²) in [5.41, 5.74) is 12.5. The standard InChI is InChI=1S/C42H31N3/c1-3-11-32(12-4-1)43-34-23-19-30(20-24-34)37-28-25-35(44-33-13-5-2-6-14-33)29-40(37)31-21-26-36(27-22-31)45-41-17-9-7-15-38(41)39-16-8-10-18-42(39)45/h1-29,43-44H. The molecule has 0 aliphatic rings. The van der Waals surface area contributed by atoms with Crippen LogP contribution < -0.4 is 10.6 Å². The van der Waals surface area contributed by atoms with Crippen LogP contribution in [0.5, 0.6) is 0 Å². The van der Waals surface area contributed by atoms with E-state index >= 15 is 0 Å². The van der Waals surface area contributed by atoms with Gasteiger partial charge in [-0.25, -0.2) is 0 Å². The van der Waals surface area contributed by atoms with Crippen molar-refractivity contribution in [2.24, 2.45) is 0 Å². The molecule has 1 aromatic heterocycles. The van der Waals surface area contributed by atoms with E-state index in [4.69, 9.17) is 0 Å². The summed E-state index contributed by atoms with van der Waals surface area (Å²) < 4.78 is 2.36. The van der Waals surface area contributed by atoms with Crippen molar-refractivity contribution in [3.8, 4) is 27.9 Å². The van der Waals surface area contributed by atoms with Gasteiger partial charge in [-0.05, 0) is 95.1 Å². The summed E-state index contributed by atoms with van der Waals surface area (Å²) in [5.74, 6) is 0. The van der Waals surface area contributed by atoms with Crippen LogP contribution in [0.2, 0.25) is 0 Å². The molecule has 0 saturated heterocycles. The van der Waals surface area contributed by atoms with Gasteiger partial charge in [0.15, 0.2) is 0 Å². The van der Waals surface area contributed by atoms with Crippen LogP contribution in [0.1, 0.15) is 0 Å². The molecular formula is C42H31N3. The Hall–Kier alpha value is -6.06. The molecule has 3 nitrogen and oxygen atoms in total. The molecule has 0 radical (unpaired) electrons. The first-order chi connectivity index (χ1) is 22.3. The number of fused-ring (bicyclic) bond motifs is 3. The number of nitrogens with zero attached hydrogens (tertiary/aromatic N) is 1. The van der Waals surface area contributed by atoms with Gasteiger partial charge in [-0.1, -0.05) is 103 Å². The third-order valence-electron chi connectivity index (χ3n) is 8.36. The summed E-state index contributed by atoms with van der Waals surface area (Å²) in [6.45, 7) is 0. The van der Waals surface area contributed by atoms with Crippen LogP contribution >= 0.6 is 0 Å². The summed E-state index contributed by atoms with van der Waals surface area (Å²) in [6, 6.07) is 62.2. The number of rotatable bonds is 7. The predicted octanol–water partition coefficient (Wildman–Crippen LogP) is 11.6. The van der Waals surface area contributed by atoms with Crippen LogP contribution in [0.25, 0.3) is 49.7 Å². The maximum absolute atomic E-state index is 3.59. The van der Waals surface area contributed by atoms with Crippen molar-refractivity contribution in [1.29, 1.82) is 0 Å². The van der Waals surface area contributed by atoms with Crippen LogP contribution in [0, 0.1) is 0 Å². The highest BCUT2D eigenvalue weighted by atomic mass is 15.0. The Morgan fingerprint density at radius 2 is 0.778 bits per heavy atom. The summed E-state index contributed by atoms with van der Waals surface area (Å²) in [6.07, 6.45) is 0. The number of nitrogens with one attached hydrogen (secondary N) is 2. The molecule has 214 valence electrons. The van der Waals surface area contributed by atoms with Crippen molar-refractivity contribution in [2.45, 2.75) is 0 Å². The second-order valence-corrected chi connectivity index (χ2v) is 11.2. The fraction of sp³-hybridized carbons (Fsp3) is 0. The maximum atomic E-state index is 3.59. The predicted molar refractivity (Wildman–Crippen MR) is 191 cm³/mol. The molecular weight excluding hydrogens is 546 g/mol. The lowest BCUT2D eigenvalue weighted by Crippen LogP contribution is -1.95. The van der Waals surface area contributed by atoms with E-state index in [1.165, 1.54) is 38.5 Å². The van der Waals surface area contributed by atoms with Gasteiger partial charge in [0.25, 0.3) is 0 Å². The Labute approximate surface area is 263 Å². The van der Waals surface area contributed by atoms with Crippen LogP contribution in [0.4, 0.5) is 22.7 Å². The lowest BCUT2D eigenvalue weighted by Gasteiger charge is -2.16. The number of hydrogen-bond donors (Lipinski definition) is 2. The second-order valence-electron chi connectivity index (χ2n) is 11.2.